The third kappa shape index (κ3) is 2.44. The largest absolute Gasteiger partial charge is 0.381 e. The summed E-state index contributed by atoms with van der Waals surface area (Å²) in [5.74, 6) is 0.756. The highest BCUT2D eigenvalue weighted by molar-refractivity contribution is 5.78. The van der Waals surface area contributed by atoms with Crippen molar-refractivity contribution in [2.45, 2.75) is 25.3 Å². The van der Waals surface area contributed by atoms with Gasteiger partial charge in [-0.3, -0.25) is 0 Å². The van der Waals surface area contributed by atoms with Gasteiger partial charge in [-0.25, -0.2) is 4.79 Å². The second kappa shape index (κ2) is 4.81. The van der Waals surface area contributed by atoms with Gasteiger partial charge >= 0.3 is 5.69 Å². The molecule has 1 heterocycles. The van der Waals surface area contributed by atoms with Gasteiger partial charge in [0, 0.05) is 12.2 Å². The van der Waals surface area contributed by atoms with Crippen molar-refractivity contribution < 1.29 is 0 Å². The van der Waals surface area contributed by atoms with Gasteiger partial charge in [0.25, 0.3) is 0 Å². The van der Waals surface area contributed by atoms with E-state index in [0.717, 1.165) is 29.2 Å². The molecule has 0 radical (unpaired) electrons. The molecule has 0 atom stereocenters. The van der Waals surface area contributed by atoms with E-state index >= 15 is 0 Å². The van der Waals surface area contributed by atoms with Crippen LogP contribution >= 0.6 is 0 Å². The fourth-order valence-electron chi connectivity index (χ4n) is 2.83. The molecule has 0 unspecified atom stereocenters. The molecule has 0 saturated heterocycles. The van der Waals surface area contributed by atoms with Gasteiger partial charge in [0.1, 0.15) is 0 Å². The fourth-order valence-corrected chi connectivity index (χ4v) is 2.83. The number of hydrogen-bond acceptors (Lipinski definition) is 2. The summed E-state index contributed by atoms with van der Waals surface area (Å²) in [6.45, 7) is 0.812. The first-order chi connectivity index (χ1) is 10.3. The molecule has 0 bridgehead atoms. The zero-order valence-corrected chi connectivity index (χ0v) is 11.6. The van der Waals surface area contributed by atoms with E-state index in [9.17, 15) is 4.79 Å². The van der Waals surface area contributed by atoms with E-state index in [1.54, 1.807) is 0 Å². The molecule has 1 aliphatic rings. The Balaban J connectivity index is 1.56. The highest BCUT2D eigenvalue weighted by atomic mass is 16.1. The standard InChI is InChI=1S/C17H17N3O/c21-17-19-15-8-7-13(9-16(15)20-17)18-10-12-3-1-2-4-14(12)11-5-6-11/h1-4,7-9,11,18H,5-6,10H2,(H2,19,20,21). The van der Waals surface area contributed by atoms with Crippen LogP contribution in [0.15, 0.2) is 47.3 Å². The first-order valence-electron chi connectivity index (χ1n) is 7.33. The van der Waals surface area contributed by atoms with Crippen LogP contribution in [0, 0.1) is 0 Å². The van der Waals surface area contributed by atoms with Gasteiger partial charge < -0.3 is 15.3 Å². The van der Waals surface area contributed by atoms with E-state index in [4.69, 9.17) is 0 Å². The second-order valence-corrected chi connectivity index (χ2v) is 5.67. The molecule has 106 valence electrons. The van der Waals surface area contributed by atoms with E-state index in [1.165, 1.54) is 24.0 Å². The summed E-state index contributed by atoms with van der Waals surface area (Å²) in [4.78, 5) is 16.8. The number of H-pyrrole nitrogens is 2. The molecule has 4 heteroatoms. The minimum absolute atomic E-state index is 0.166. The van der Waals surface area contributed by atoms with Gasteiger partial charge in [-0.05, 0) is 48.1 Å². The number of nitrogens with one attached hydrogen (secondary N) is 3. The topological polar surface area (TPSA) is 60.7 Å². The van der Waals surface area contributed by atoms with Crippen LogP contribution in [0.2, 0.25) is 0 Å². The quantitative estimate of drug-likeness (QED) is 0.686. The van der Waals surface area contributed by atoms with Crippen LogP contribution in [0.5, 0.6) is 0 Å². The Labute approximate surface area is 122 Å². The first kappa shape index (κ1) is 12.3. The Morgan fingerprint density at radius 2 is 1.86 bits per heavy atom. The molecule has 4 rings (SSSR count). The molecule has 2 aromatic carbocycles. The molecule has 0 amide bonds. The summed E-state index contributed by atoms with van der Waals surface area (Å²) < 4.78 is 0. The van der Waals surface area contributed by atoms with Crippen molar-refractivity contribution in [1.29, 1.82) is 0 Å². The minimum atomic E-state index is -0.166. The van der Waals surface area contributed by atoms with E-state index in [1.807, 2.05) is 18.2 Å². The number of hydrogen-bond donors (Lipinski definition) is 3. The number of benzene rings is 2. The van der Waals surface area contributed by atoms with Crippen molar-refractivity contribution >= 4 is 16.7 Å². The van der Waals surface area contributed by atoms with Crippen LogP contribution in [0.3, 0.4) is 0 Å². The van der Waals surface area contributed by atoms with Crippen molar-refractivity contribution in [3.05, 3.63) is 64.1 Å². The lowest BCUT2D eigenvalue weighted by Crippen LogP contribution is -2.02. The van der Waals surface area contributed by atoms with Crippen molar-refractivity contribution in [3.8, 4) is 0 Å². The number of aromatic nitrogens is 2. The van der Waals surface area contributed by atoms with Gasteiger partial charge in [0.05, 0.1) is 11.0 Å². The van der Waals surface area contributed by atoms with Crippen LogP contribution in [-0.4, -0.2) is 9.97 Å². The molecule has 4 nitrogen and oxygen atoms in total. The van der Waals surface area contributed by atoms with Crippen LogP contribution in [0.4, 0.5) is 5.69 Å². The lowest BCUT2D eigenvalue weighted by Gasteiger charge is -2.11. The normalized spacial score (nSPS) is 14.5. The Morgan fingerprint density at radius 3 is 2.71 bits per heavy atom. The molecule has 1 aliphatic carbocycles. The molecule has 0 aliphatic heterocycles. The lowest BCUT2D eigenvalue weighted by molar-refractivity contribution is 1.04. The van der Waals surface area contributed by atoms with Gasteiger partial charge in [-0.2, -0.15) is 0 Å². The summed E-state index contributed by atoms with van der Waals surface area (Å²) in [6, 6.07) is 14.5. The zero-order valence-electron chi connectivity index (χ0n) is 11.6. The summed E-state index contributed by atoms with van der Waals surface area (Å²) in [5, 5.41) is 3.45. The number of anilines is 1. The maximum Gasteiger partial charge on any atom is 0.323 e. The molecule has 3 aromatic rings. The molecular weight excluding hydrogens is 262 g/mol. The molecule has 21 heavy (non-hydrogen) atoms. The summed E-state index contributed by atoms with van der Waals surface area (Å²) >= 11 is 0. The van der Waals surface area contributed by atoms with Gasteiger partial charge in [-0.15, -0.1) is 0 Å². The van der Waals surface area contributed by atoms with Gasteiger partial charge in [0.2, 0.25) is 0 Å². The summed E-state index contributed by atoms with van der Waals surface area (Å²) in [6.07, 6.45) is 2.63. The fraction of sp³-hybridized carbons (Fsp3) is 0.235. The van der Waals surface area contributed by atoms with Crippen molar-refractivity contribution in [2.75, 3.05) is 5.32 Å². The number of aromatic amines is 2. The Bertz CT molecular complexity index is 842. The highest BCUT2D eigenvalue weighted by Gasteiger charge is 2.25. The van der Waals surface area contributed by atoms with E-state index in [-0.39, 0.29) is 5.69 Å². The van der Waals surface area contributed by atoms with Crippen molar-refractivity contribution in [1.82, 2.24) is 9.97 Å². The third-order valence-corrected chi connectivity index (χ3v) is 4.07. The SMILES string of the molecule is O=c1[nH]c2ccc(NCc3ccccc3C3CC3)cc2[nH]1. The molecule has 0 spiro atoms. The minimum Gasteiger partial charge on any atom is -0.381 e. The molecule has 1 saturated carbocycles. The van der Waals surface area contributed by atoms with Crippen molar-refractivity contribution in [2.24, 2.45) is 0 Å². The van der Waals surface area contributed by atoms with Crippen LogP contribution in [0.25, 0.3) is 11.0 Å². The summed E-state index contributed by atoms with van der Waals surface area (Å²) in [7, 11) is 0. The van der Waals surface area contributed by atoms with E-state index < -0.39 is 0 Å². The highest BCUT2D eigenvalue weighted by Crippen LogP contribution is 2.41. The average molecular weight is 279 g/mol. The third-order valence-electron chi connectivity index (χ3n) is 4.07. The Morgan fingerprint density at radius 1 is 1.05 bits per heavy atom. The maximum absolute atomic E-state index is 11.3. The number of imidazole rings is 1. The lowest BCUT2D eigenvalue weighted by atomic mass is 10.0. The second-order valence-electron chi connectivity index (χ2n) is 5.67. The molecule has 1 fully saturated rings. The molecule has 1 aromatic heterocycles. The van der Waals surface area contributed by atoms with Crippen LogP contribution < -0.4 is 11.0 Å². The van der Waals surface area contributed by atoms with Gasteiger partial charge in [0.15, 0.2) is 0 Å². The summed E-state index contributed by atoms with van der Waals surface area (Å²) in [5.41, 5.74) is 5.36. The predicted octanol–water partition coefficient (Wildman–Crippen LogP) is 3.35. The van der Waals surface area contributed by atoms with E-state index in [2.05, 4.69) is 39.6 Å². The van der Waals surface area contributed by atoms with Gasteiger partial charge in [-0.1, -0.05) is 24.3 Å². The predicted molar refractivity (Wildman–Crippen MR) is 84.7 cm³/mol. The molecular formula is C17H17N3O. The monoisotopic (exact) mass is 279 g/mol. The smallest absolute Gasteiger partial charge is 0.323 e. The van der Waals surface area contributed by atoms with Crippen molar-refractivity contribution in [3.63, 3.8) is 0 Å². The number of rotatable bonds is 4. The Hall–Kier alpha value is -2.49. The zero-order chi connectivity index (χ0) is 14.2. The molecule has 3 N–H and O–H groups in total. The Kier molecular flexibility index (Phi) is 2.81. The van der Waals surface area contributed by atoms with Crippen LogP contribution in [0.1, 0.15) is 29.9 Å². The first-order valence-corrected chi connectivity index (χ1v) is 7.33. The van der Waals surface area contributed by atoms with Crippen LogP contribution in [-0.2, 0) is 6.54 Å². The average Bonchev–Trinajstić information content (AvgIpc) is 3.26. The maximum atomic E-state index is 11.3. The van der Waals surface area contributed by atoms with E-state index in [0.29, 0.717) is 0 Å². The number of fused-ring (bicyclic) bond motifs is 1.